The molecule has 3 heterocycles. The number of nitrogens with zero attached hydrogens (tertiary/aromatic N) is 1. The van der Waals surface area contributed by atoms with E-state index in [-0.39, 0.29) is 37.1 Å². The Balaban J connectivity index is 0.000000258. The predicted molar refractivity (Wildman–Crippen MR) is 311 cm³/mol. The first-order valence-electron chi connectivity index (χ1n) is 28.2. The second kappa shape index (κ2) is 27.7. The van der Waals surface area contributed by atoms with Crippen LogP contribution in [-0.2, 0) is 44.9 Å². The largest absolute Gasteiger partial charge is 0.494 e. The highest BCUT2D eigenvalue weighted by Crippen LogP contribution is 2.78. The zero-order valence-corrected chi connectivity index (χ0v) is 51.3. The molecule has 488 valence electrons. The number of nitrogens with two attached hydrogens (primary N) is 2. The van der Waals surface area contributed by atoms with E-state index in [0.717, 1.165) is 37.2 Å². The van der Waals surface area contributed by atoms with Crippen molar-refractivity contribution in [2.24, 2.45) is 40.6 Å². The van der Waals surface area contributed by atoms with Crippen molar-refractivity contribution in [3.05, 3.63) is 71.3 Å². The first-order valence-corrected chi connectivity index (χ1v) is 32.8. The lowest BCUT2D eigenvalue weighted by molar-refractivity contribution is -0.354. The van der Waals surface area contributed by atoms with Gasteiger partial charge in [-0.1, -0.05) is 19.9 Å². The maximum absolute atomic E-state index is 12.9. The number of esters is 1. The highest BCUT2D eigenvalue weighted by Gasteiger charge is 2.89. The maximum Gasteiger partial charge on any atom is 0.394 e. The van der Waals surface area contributed by atoms with E-state index in [4.69, 9.17) is 78.1 Å². The molecule has 18 N–H and O–H groups in total. The van der Waals surface area contributed by atoms with Crippen LogP contribution in [0.5, 0.6) is 11.5 Å². The summed E-state index contributed by atoms with van der Waals surface area (Å²) in [7, 11) is -12.5. The van der Waals surface area contributed by atoms with Crippen LogP contribution in [0.3, 0.4) is 0 Å². The fraction of sp³-hybridized carbons (Fsp3) is 0.691. The van der Waals surface area contributed by atoms with Crippen LogP contribution in [0.2, 0.25) is 0 Å². The van der Waals surface area contributed by atoms with Crippen LogP contribution < -0.4 is 20.9 Å². The minimum absolute atomic E-state index is 0.0579. The van der Waals surface area contributed by atoms with Crippen molar-refractivity contribution in [1.29, 1.82) is 10.8 Å². The van der Waals surface area contributed by atoms with Gasteiger partial charge in [0.25, 0.3) is 20.2 Å². The number of hydrogen-bond donors (Lipinski definition) is 16. The van der Waals surface area contributed by atoms with Gasteiger partial charge in [0, 0.05) is 71.8 Å². The third kappa shape index (κ3) is 15.5. The summed E-state index contributed by atoms with van der Waals surface area (Å²) in [4.78, 5) is 14.9. The van der Waals surface area contributed by atoms with E-state index in [2.05, 4.69) is 11.8 Å². The fourth-order valence-corrected chi connectivity index (χ4v) is 14.7. The summed E-state index contributed by atoms with van der Waals surface area (Å²) in [6, 6.07) is 14.0. The van der Waals surface area contributed by atoms with E-state index in [1.165, 1.54) is 0 Å². The molecule has 4 saturated carbocycles. The number of aliphatic hydroxyl groups excluding tert-OH is 3. The smallest absolute Gasteiger partial charge is 0.394 e. The van der Waals surface area contributed by atoms with Gasteiger partial charge in [-0.25, -0.2) is 4.79 Å². The van der Waals surface area contributed by atoms with Gasteiger partial charge in [0.05, 0.1) is 49.6 Å². The van der Waals surface area contributed by atoms with Crippen LogP contribution in [0.1, 0.15) is 116 Å². The molecule has 4 bridgehead atoms. The van der Waals surface area contributed by atoms with Crippen molar-refractivity contribution in [1.82, 2.24) is 4.90 Å². The summed E-state index contributed by atoms with van der Waals surface area (Å²) in [6.45, 7) is 10.3. The molecule has 7 aliphatic rings. The molecule has 0 radical (unpaired) electrons. The maximum atomic E-state index is 12.9. The number of nitrogen functional groups attached to an aromatic ring is 2. The molecule has 31 heteroatoms. The molecule has 28 nitrogen and oxygen atoms in total. The number of carbonyl (C=O) groups is 1. The summed E-state index contributed by atoms with van der Waals surface area (Å²) in [5.41, 5.74) is 3.25. The summed E-state index contributed by atoms with van der Waals surface area (Å²) in [5.74, 6) is -3.51. The topological polar surface area (TPSA) is 502 Å². The van der Waals surface area contributed by atoms with Crippen LogP contribution in [0.4, 0.5) is 0 Å². The van der Waals surface area contributed by atoms with Crippen molar-refractivity contribution in [2.45, 2.75) is 157 Å². The summed E-state index contributed by atoms with van der Waals surface area (Å²) < 4.78 is 110. The van der Waals surface area contributed by atoms with Crippen molar-refractivity contribution >= 4 is 48.3 Å². The van der Waals surface area contributed by atoms with E-state index in [1.807, 2.05) is 31.2 Å². The van der Waals surface area contributed by atoms with Crippen molar-refractivity contribution in [2.75, 3.05) is 51.0 Å². The monoisotopic (exact) mass is 1280 g/mol. The highest BCUT2D eigenvalue weighted by molar-refractivity contribution is 7.86. The summed E-state index contributed by atoms with van der Waals surface area (Å²) in [5, 5.41) is 104. The molecule has 2 aromatic rings. The van der Waals surface area contributed by atoms with Crippen LogP contribution in [0.15, 0.2) is 60.2 Å². The number of benzene rings is 2. The standard InChI is InChI=1S/C32H49NO9.C19H24N4O2.2C2H6O4S.H2O4S/c1-6-18(3)25(35)41-24-11-12-26(4)19-8-9-20-28(37)13-23(34)31(39)21(29(28,38)16-30(20,26)42-32(19,24)40)15-33-14-17(2)7-10-22(33)27(31,5)36;20-18(21)14-4-8-16(9-5-14)24-12-2-1-3-13-25-17-10-6-15(7-11-17)19(22)23;2*3-1-2-7(4,5)6;1-5(2,3)4/h6,17,19-24,34,36-40H,7-16H2,1-5H3;4-11H,1-3,12-13H2,(H3,20,21)(H3,22,23);2*3H,1-2H2,(H,4,5,6);(H2,1,2,3,4). The summed E-state index contributed by atoms with van der Waals surface area (Å²) >= 11 is 0. The molecule has 14 atom stereocenters. The van der Waals surface area contributed by atoms with Gasteiger partial charge in [0.2, 0.25) is 5.79 Å². The van der Waals surface area contributed by atoms with Gasteiger partial charge in [-0.05, 0) is 133 Å². The Morgan fingerprint density at radius 3 is 1.63 bits per heavy atom. The molecule has 0 aromatic heterocycles. The zero-order chi connectivity index (χ0) is 64.9. The molecule has 9 rings (SSSR count). The second-order valence-corrected chi connectivity index (χ2v) is 27.8. The number of piperidine rings is 2. The second-order valence-electron chi connectivity index (χ2n) is 23.8. The predicted octanol–water partition coefficient (Wildman–Crippen LogP) is 0.954. The van der Waals surface area contributed by atoms with Gasteiger partial charge >= 0.3 is 16.4 Å². The SMILES string of the molecule is CC=C(C)C(=O)OC1CCC2(C)C3CCC4C5(O)CC(O)C6(O)C(CN7CC(C)CCC7C6(C)O)C5(O)CC42OC13O.N=C(N)c1ccc(OCCCCCOc2ccc(C(=N)N)cc2)cc1.O=S(=O)(O)CCO.O=S(=O)(O)CCO.O=S(=O)(O)O. The van der Waals surface area contributed by atoms with E-state index < -0.39 is 130 Å². The molecule has 1 spiro atoms. The average molecular weight is 1280 g/mol. The number of carbonyl (C=O) groups excluding carboxylic acids is 1. The molecule has 86 heavy (non-hydrogen) atoms. The number of ether oxygens (including phenoxy) is 4. The lowest BCUT2D eigenvalue weighted by Gasteiger charge is -2.68. The van der Waals surface area contributed by atoms with Gasteiger partial charge in [-0.2, -0.15) is 25.3 Å². The molecular formula is C55H87N5O23S3. The van der Waals surface area contributed by atoms with Gasteiger partial charge in [0.15, 0.2) is 6.10 Å². The van der Waals surface area contributed by atoms with Crippen LogP contribution in [-0.4, -0.2) is 210 Å². The molecule has 0 amide bonds. The number of nitrogens with one attached hydrogen (secondary N) is 2. The summed E-state index contributed by atoms with van der Waals surface area (Å²) in [6.07, 6.45) is 5.20. The Kier molecular flexibility index (Phi) is 23.3. The minimum atomic E-state index is -4.67. The van der Waals surface area contributed by atoms with Crippen molar-refractivity contribution in [3.63, 3.8) is 0 Å². The van der Waals surface area contributed by atoms with Crippen molar-refractivity contribution < 1.29 is 108 Å². The number of amidine groups is 2. The lowest BCUT2D eigenvalue weighted by Crippen LogP contribution is -2.85. The first-order chi connectivity index (χ1) is 39.6. The Bertz CT molecular complexity index is 2970. The molecular weight excluding hydrogens is 1190 g/mol. The molecule has 3 saturated heterocycles. The van der Waals surface area contributed by atoms with Crippen LogP contribution >= 0.6 is 0 Å². The van der Waals surface area contributed by atoms with Gasteiger partial charge < -0.3 is 71.3 Å². The van der Waals surface area contributed by atoms with E-state index in [9.17, 15) is 52.3 Å². The molecule has 2 aromatic carbocycles. The third-order valence-electron chi connectivity index (χ3n) is 18.4. The van der Waals surface area contributed by atoms with Gasteiger partial charge in [-0.15, -0.1) is 0 Å². The Labute approximate surface area is 501 Å². The number of fused-ring (bicyclic) bond motifs is 5. The van der Waals surface area contributed by atoms with Crippen LogP contribution in [0, 0.1) is 39.9 Å². The Hall–Kier alpha value is -4.52. The normalized spacial score (nSPS) is 35.0. The van der Waals surface area contributed by atoms with Gasteiger partial charge in [0.1, 0.15) is 45.6 Å². The molecule has 14 unspecified atom stereocenters. The molecule has 7 fully saturated rings. The highest BCUT2D eigenvalue weighted by atomic mass is 32.3. The quantitative estimate of drug-likeness (QED) is 0.0278. The number of rotatable bonds is 16. The van der Waals surface area contributed by atoms with E-state index in [0.29, 0.717) is 74.5 Å². The average Bonchev–Trinajstić information content (AvgIpc) is 1.44. The van der Waals surface area contributed by atoms with Crippen LogP contribution in [0.25, 0.3) is 0 Å². The zero-order valence-electron chi connectivity index (χ0n) is 48.9. The molecule has 3 aliphatic heterocycles. The number of aliphatic hydroxyl groups is 8. The number of hydrogen-bond acceptors (Lipinski definition) is 22. The fourth-order valence-electron chi connectivity index (χ4n) is 14.2. The van der Waals surface area contributed by atoms with Crippen molar-refractivity contribution in [3.8, 4) is 11.5 Å². The van der Waals surface area contributed by atoms with E-state index in [1.54, 1.807) is 51.1 Å². The first kappa shape index (κ1) is 72.2. The minimum Gasteiger partial charge on any atom is -0.494 e. The van der Waals surface area contributed by atoms with E-state index >= 15 is 0 Å². The lowest BCUT2D eigenvalue weighted by atomic mass is 9.49. The Morgan fingerprint density at radius 1 is 0.721 bits per heavy atom. The number of allylic oxidation sites excluding steroid dienone is 1. The Morgan fingerprint density at radius 2 is 1.20 bits per heavy atom. The van der Waals surface area contributed by atoms with Gasteiger partial charge in [-0.3, -0.25) is 33.9 Å². The number of unbranched alkanes of at least 4 members (excludes halogenated alkanes) is 2. The third-order valence-corrected chi connectivity index (χ3v) is 19.8. The molecule has 4 aliphatic carbocycles.